The van der Waals surface area contributed by atoms with E-state index in [0.29, 0.717) is 10.9 Å². The number of nitrogens with two attached hydrogens (primary N) is 2. The molecule has 0 radical (unpaired) electrons. The number of fused-ring (bicyclic) bond motifs is 1. The third-order valence-electron chi connectivity index (χ3n) is 2.22. The number of nitrogens with zero attached hydrogens (tertiary/aromatic N) is 4. The smallest absolute Gasteiger partial charge is 0.175 e. The molecule has 0 aromatic carbocycles. The zero-order chi connectivity index (χ0) is 11.7. The van der Waals surface area contributed by atoms with E-state index >= 15 is 0 Å². The summed E-state index contributed by atoms with van der Waals surface area (Å²) in [7, 11) is 0. The molecule has 6 N–H and O–H groups in total. The van der Waals surface area contributed by atoms with E-state index in [4.69, 9.17) is 11.5 Å². The largest absolute Gasteiger partial charge is 0.328 e. The summed E-state index contributed by atoms with van der Waals surface area (Å²) in [4.78, 5) is 3.81. The molecule has 0 spiro atoms. The van der Waals surface area contributed by atoms with Crippen LogP contribution in [-0.4, -0.2) is 33.8 Å². The average molecular weight is 224 g/mol. The third kappa shape index (κ3) is 1.59. The molecule has 0 aliphatic carbocycles. The van der Waals surface area contributed by atoms with Crippen LogP contribution in [0.15, 0.2) is 23.6 Å². The second-order valence-corrected chi connectivity index (χ2v) is 3.27. The van der Waals surface area contributed by atoms with Gasteiger partial charge in [-0.05, 0) is 6.07 Å². The molecule has 0 fully saturated rings. The lowest BCUT2D eigenvalue weighted by molar-refractivity contribution is 0.243. The Kier molecular flexibility index (Phi) is 2.71. The fourth-order valence-corrected chi connectivity index (χ4v) is 1.37. The molecule has 2 heterocycles. The van der Waals surface area contributed by atoms with Crippen LogP contribution in [-0.2, 0) is 0 Å². The van der Waals surface area contributed by atoms with E-state index < -0.39 is 6.04 Å². The summed E-state index contributed by atoms with van der Waals surface area (Å²) in [6, 6.07) is 0.859. The molecule has 86 valence electrons. The van der Waals surface area contributed by atoms with Crippen LogP contribution >= 0.6 is 0 Å². The number of aromatic nitrogens is 1. The van der Waals surface area contributed by atoms with Gasteiger partial charge in [0.25, 0.3) is 0 Å². The van der Waals surface area contributed by atoms with Gasteiger partial charge in [0.1, 0.15) is 11.4 Å². The minimum Gasteiger partial charge on any atom is -0.328 e. The van der Waals surface area contributed by atoms with Gasteiger partial charge in [-0.2, -0.15) is 0 Å². The van der Waals surface area contributed by atoms with Crippen LogP contribution in [0.2, 0.25) is 0 Å². The van der Waals surface area contributed by atoms with Gasteiger partial charge in [0.05, 0.1) is 12.2 Å². The number of amidine groups is 1. The molecular formula is C8H12N6O2. The van der Waals surface area contributed by atoms with Crippen molar-refractivity contribution in [2.45, 2.75) is 6.04 Å². The maximum atomic E-state index is 9.84. The molecule has 1 aliphatic heterocycles. The molecule has 0 amide bonds. The van der Waals surface area contributed by atoms with E-state index in [9.17, 15) is 10.4 Å². The Morgan fingerprint density at radius 1 is 1.38 bits per heavy atom. The topological polar surface area (TPSA) is 124 Å². The predicted molar refractivity (Wildman–Crippen MR) is 57.2 cm³/mol. The van der Waals surface area contributed by atoms with Gasteiger partial charge in [-0.15, -0.1) is 10.3 Å². The Balaban J connectivity index is 2.42. The van der Waals surface area contributed by atoms with Crippen LogP contribution < -0.4 is 21.7 Å². The summed E-state index contributed by atoms with van der Waals surface area (Å²) in [5, 5.41) is 24.5. The Bertz CT molecular complexity index is 423. The van der Waals surface area contributed by atoms with Gasteiger partial charge >= 0.3 is 0 Å². The number of pyridine rings is 1. The molecule has 1 aromatic rings. The molecule has 0 saturated heterocycles. The Hall–Kier alpha value is -1.74. The zero-order valence-corrected chi connectivity index (χ0v) is 8.35. The van der Waals surface area contributed by atoms with Crippen molar-refractivity contribution in [2.75, 3.05) is 16.8 Å². The maximum absolute atomic E-state index is 9.84. The highest BCUT2D eigenvalue weighted by Gasteiger charge is 2.27. The highest BCUT2D eigenvalue weighted by molar-refractivity contribution is 6.04. The fourth-order valence-electron chi connectivity index (χ4n) is 1.37. The van der Waals surface area contributed by atoms with E-state index in [-0.39, 0.29) is 18.1 Å². The summed E-state index contributed by atoms with van der Waals surface area (Å²) in [6.07, 6.45) is 2.85. The third-order valence-corrected chi connectivity index (χ3v) is 2.22. The van der Waals surface area contributed by atoms with Gasteiger partial charge in [-0.3, -0.25) is 15.4 Å². The highest BCUT2D eigenvalue weighted by Crippen LogP contribution is 2.30. The van der Waals surface area contributed by atoms with Gasteiger partial charge in [0.15, 0.2) is 5.84 Å². The van der Waals surface area contributed by atoms with Crippen molar-refractivity contribution < 1.29 is 10.4 Å². The second kappa shape index (κ2) is 4.02. The summed E-state index contributed by atoms with van der Waals surface area (Å²) in [5.41, 5.74) is 11.6. The molecule has 8 heteroatoms. The monoisotopic (exact) mass is 224 g/mol. The molecule has 1 aromatic heterocycles. The lowest BCUT2D eigenvalue weighted by Gasteiger charge is -2.30. The Labute approximate surface area is 91.3 Å². The van der Waals surface area contributed by atoms with Crippen LogP contribution in [0.25, 0.3) is 0 Å². The average Bonchev–Trinajstić information content (AvgIpc) is 2.33. The second-order valence-electron chi connectivity index (χ2n) is 3.27. The summed E-state index contributed by atoms with van der Waals surface area (Å²) >= 11 is 0. The van der Waals surface area contributed by atoms with Crippen molar-refractivity contribution in [3.63, 3.8) is 0 Å². The van der Waals surface area contributed by atoms with Crippen molar-refractivity contribution in [3.8, 4) is 0 Å². The van der Waals surface area contributed by atoms with Gasteiger partial charge in [0.2, 0.25) is 0 Å². The normalized spacial score (nSPS) is 16.9. The Morgan fingerprint density at radius 3 is 2.81 bits per heavy atom. The van der Waals surface area contributed by atoms with E-state index in [1.807, 2.05) is 0 Å². The molecule has 0 saturated carbocycles. The quantitative estimate of drug-likeness (QED) is 0.512. The van der Waals surface area contributed by atoms with E-state index in [1.165, 1.54) is 18.5 Å². The van der Waals surface area contributed by atoms with Crippen molar-refractivity contribution in [1.82, 2.24) is 4.98 Å². The van der Waals surface area contributed by atoms with Crippen LogP contribution in [0.4, 0.5) is 11.4 Å². The minimum absolute atomic E-state index is 0.0729. The van der Waals surface area contributed by atoms with Crippen LogP contribution in [0, 0.1) is 0 Å². The molecule has 0 bridgehead atoms. The summed E-state index contributed by atoms with van der Waals surface area (Å²) in [6.45, 7) is 0.101. The van der Waals surface area contributed by atoms with E-state index in [0.717, 1.165) is 5.06 Å². The van der Waals surface area contributed by atoms with Crippen LogP contribution in [0.5, 0.6) is 0 Å². The van der Waals surface area contributed by atoms with Gasteiger partial charge in [-0.1, -0.05) is 0 Å². The van der Waals surface area contributed by atoms with E-state index in [1.54, 1.807) is 0 Å². The number of hydroxylamine groups is 1. The number of rotatable bonds is 2. The number of hydrogen-bond acceptors (Lipinski definition) is 8. The first-order valence-corrected chi connectivity index (χ1v) is 4.61. The van der Waals surface area contributed by atoms with Crippen molar-refractivity contribution in [1.29, 1.82) is 0 Å². The molecule has 1 aliphatic rings. The van der Waals surface area contributed by atoms with Gasteiger partial charge in [-0.25, -0.2) is 5.06 Å². The summed E-state index contributed by atoms with van der Waals surface area (Å²) in [5.74, 6) is 0.0729. The molecule has 16 heavy (non-hydrogen) atoms. The highest BCUT2D eigenvalue weighted by atomic mass is 16.5. The Morgan fingerprint density at radius 2 is 2.12 bits per heavy atom. The van der Waals surface area contributed by atoms with Gasteiger partial charge < -0.3 is 11.5 Å². The first-order valence-electron chi connectivity index (χ1n) is 4.61. The standard InChI is InChI=1S/C8H12N6O2/c9-3-5(10)8-12-14(16)7-4-11-2-1-6(7)13(8)15/h1-2,4-5,15-16H,3,9-10H2. The lowest BCUT2D eigenvalue weighted by atomic mass is 10.2. The summed E-state index contributed by atoms with van der Waals surface area (Å²) < 4.78 is 0. The molecule has 1 unspecified atom stereocenters. The lowest BCUT2D eigenvalue weighted by Crippen LogP contribution is -2.49. The number of anilines is 2. The maximum Gasteiger partial charge on any atom is 0.175 e. The molecule has 1 atom stereocenters. The molecular weight excluding hydrogens is 212 g/mol. The first kappa shape index (κ1) is 10.8. The SMILES string of the molecule is NCC(N)C1=NN(O)c2cnccc2N1O. The molecule has 2 rings (SSSR count). The molecule has 8 nitrogen and oxygen atoms in total. The van der Waals surface area contributed by atoms with Crippen LogP contribution in [0.3, 0.4) is 0 Å². The predicted octanol–water partition coefficient (Wildman–Crippen LogP) is -0.914. The van der Waals surface area contributed by atoms with Gasteiger partial charge in [0, 0.05) is 12.7 Å². The number of hydrazone groups is 1. The first-order chi connectivity index (χ1) is 7.65. The van der Waals surface area contributed by atoms with Crippen LogP contribution in [0.1, 0.15) is 0 Å². The minimum atomic E-state index is -0.666. The zero-order valence-electron chi connectivity index (χ0n) is 8.35. The van der Waals surface area contributed by atoms with Crippen molar-refractivity contribution in [2.24, 2.45) is 16.6 Å². The number of hydrogen-bond donors (Lipinski definition) is 4. The fraction of sp³-hybridized carbons (Fsp3) is 0.250. The van der Waals surface area contributed by atoms with Crippen molar-refractivity contribution >= 4 is 17.2 Å². The van der Waals surface area contributed by atoms with Crippen molar-refractivity contribution in [3.05, 3.63) is 18.5 Å². The van der Waals surface area contributed by atoms with E-state index in [2.05, 4.69) is 10.1 Å².